The highest BCUT2D eigenvalue weighted by atomic mass is 35.5. The second kappa shape index (κ2) is 5.99. The molecule has 0 unspecified atom stereocenters. The van der Waals surface area contributed by atoms with Crippen molar-refractivity contribution in [3.63, 3.8) is 0 Å². The SMILES string of the molecule is Cl.NC1(c2noc(-c3cc(=O)[nH]c4cc(F)ccc34)n2)CCCC1. The van der Waals surface area contributed by atoms with Gasteiger partial charge in [0.15, 0.2) is 5.82 Å². The van der Waals surface area contributed by atoms with Gasteiger partial charge < -0.3 is 15.2 Å². The Morgan fingerprint density at radius 2 is 2.00 bits per heavy atom. The Morgan fingerprint density at radius 3 is 2.75 bits per heavy atom. The van der Waals surface area contributed by atoms with E-state index in [0.717, 1.165) is 25.7 Å². The first-order chi connectivity index (χ1) is 11.0. The van der Waals surface area contributed by atoms with Crippen LogP contribution in [0.1, 0.15) is 31.5 Å². The van der Waals surface area contributed by atoms with Crippen molar-refractivity contribution >= 4 is 23.3 Å². The molecule has 2 aromatic heterocycles. The first-order valence-corrected chi connectivity index (χ1v) is 7.51. The van der Waals surface area contributed by atoms with Gasteiger partial charge >= 0.3 is 0 Å². The highest BCUT2D eigenvalue weighted by Crippen LogP contribution is 2.36. The van der Waals surface area contributed by atoms with Crippen LogP contribution in [0.4, 0.5) is 4.39 Å². The average Bonchev–Trinajstić information content (AvgIpc) is 3.15. The molecule has 1 aromatic carbocycles. The molecule has 1 saturated carbocycles. The van der Waals surface area contributed by atoms with Gasteiger partial charge in [0, 0.05) is 11.5 Å². The predicted octanol–water partition coefficient (Wildman–Crippen LogP) is 2.87. The van der Waals surface area contributed by atoms with Gasteiger partial charge in [0.1, 0.15) is 5.82 Å². The largest absolute Gasteiger partial charge is 0.334 e. The van der Waals surface area contributed by atoms with Crippen LogP contribution in [0.2, 0.25) is 0 Å². The molecule has 0 aliphatic heterocycles. The summed E-state index contributed by atoms with van der Waals surface area (Å²) in [6.45, 7) is 0. The zero-order valence-corrected chi connectivity index (χ0v) is 13.5. The third-order valence-corrected chi connectivity index (χ3v) is 4.40. The minimum Gasteiger partial charge on any atom is -0.334 e. The average molecular weight is 351 g/mol. The maximum atomic E-state index is 13.4. The third-order valence-electron chi connectivity index (χ3n) is 4.40. The second-order valence-electron chi connectivity index (χ2n) is 6.02. The molecule has 2 heterocycles. The van der Waals surface area contributed by atoms with E-state index in [-0.39, 0.29) is 23.9 Å². The van der Waals surface area contributed by atoms with Gasteiger partial charge in [-0.2, -0.15) is 4.98 Å². The summed E-state index contributed by atoms with van der Waals surface area (Å²) in [5, 5.41) is 4.64. The summed E-state index contributed by atoms with van der Waals surface area (Å²) in [5.74, 6) is 0.253. The number of aromatic nitrogens is 3. The van der Waals surface area contributed by atoms with Crippen molar-refractivity contribution in [2.75, 3.05) is 0 Å². The van der Waals surface area contributed by atoms with Crippen LogP contribution in [0.5, 0.6) is 0 Å². The molecule has 1 aliphatic carbocycles. The summed E-state index contributed by atoms with van der Waals surface area (Å²) in [6, 6.07) is 5.53. The fourth-order valence-electron chi connectivity index (χ4n) is 3.17. The number of fused-ring (bicyclic) bond motifs is 1. The first kappa shape index (κ1) is 16.6. The molecule has 4 rings (SSSR count). The third kappa shape index (κ3) is 2.70. The number of nitrogens with one attached hydrogen (secondary N) is 1. The Balaban J connectivity index is 0.00000169. The fourth-order valence-corrected chi connectivity index (χ4v) is 3.17. The van der Waals surface area contributed by atoms with Gasteiger partial charge in [0.2, 0.25) is 5.56 Å². The maximum Gasteiger partial charge on any atom is 0.258 e. The fraction of sp³-hybridized carbons (Fsp3) is 0.312. The number of halogens is 2. The maximum absolute atomic E-state index is 13.4. The summed E-state index contributed by atoms with van der Waals surface area (Å²) in [6.07, 6.45) is 3.70. The van der Waals surface area contributed by atoms with E-state index in [1.54, 1.807) is 6.07 Å². The molecule has 24 heavy (non-hydrogen) atoms. The highest BCUT2D eigenvalue weighted by Gasteiger charge is 2.36. The minimum absolute atomic E-state index is 0. The van der Waals surface area contributed by atoms with Gasteiger partial charge in [0.05, 0.1) is 16.6 Å². The van der Waals surface area contributed by atoms with Crippen LogP contribution in [0.3, 0.4) is 0 Å². The molecule has 126 valence electrons. The van der Waals surface area contributed by atoms with E-state index in [1.165, 1.54) is 18.2 Å². The minimum atomic E-state index is -0.565. The molecule has 0 bridgehead atoms. The van der Waals surface area contributed by atoms with E-state index in [2.05, 4.69) is 15.1 Å². The lowest BCUT2D eigenvalue weighted by molar-refractivity contribution is 0.373. The molecule has 8 heteroatoms. The Hall–Kier alpha value is -2.25. The van der Waals surface area contributed by atoms with Crippen molar-refractivity contribution in [2.24, 2.45) is 5.73 Å². The molecule has 3 N–H and O–H groups in total. The van der Waals surface area contributed by atoms with E-state index < -0.39 is 11.4 Å². The number of rotatable bonds is 2. The van der Waals surface area contributed by atoms with Crippen molar-refractivity contribution < 1.29 is 8.91 Å². The number of pyridine rings is 1. The summed E-state index contributed by atoms with van der Waals surface area (Å²) in [5.41, 5.74) is 6.27. The van der Waals surface area contributed by atoms with Crippen LogP contribution >= 0.6 is 12.4 Å². The molecule has 0 radical (unpaired) electrons. The lowest BCUT2D eigenvalue weighted by Crippen LogP contribution is -2.34. The molecule has 6 nitrogen and oxygen atoms in total. The molecule has 0 spiro atoms. The van der Waals surface area contributed by atoms with E-state index in [0.29, 0.717) is 22.3 Å². The lowest BCUT2D eigenvalue weighted by Gasteiger charge is -2.17. The standard InChI is InChI=1S/C16H15FN4O2.ClH/c17-9-3-4-10-11(8-13(22)19-12(10)7-9)14-20-15(21-23-14)16(18)5-1-2-6-16;/h3-4,7-8H,1-2,5-6,18H2,(H,19,22);1H. The van der Waals surface area contributed by atoms with Crippen molar-refractivity contribution in [1.82, 2.24) is 15.1 Å². The number of aromatic amines is 1. The first-order valence-electron chi connectivity index (χ1n) is 7.51. The quantitative estimate of drug-likeness (QED) is 0.740. The summed E-state index contributed by atoms with van der Waals surface area (Å²) in [4.78, 5) is 18.8. The van der Waals surface area contributed by atoms with Crippen LogP contribution in [0, 0.1) is 5.82 Å². The zero-order valence-electron chi connectivity index (χ0n) is 12.7. The molecule has 0 amide bonds. The second-order valence-corrected chi connectivity index (χ2v) is 6.02. The smallest absolute Gasteiger partial charge is 0.258 e. The van der Waals surface area contributed by atoms with Crippen LogP contribution in [-0.2, 0) is 5.54 Å². The van der Waals surface area contributed by atoms with Crippen LogP contribution in [-0.4, -0.2) is 15.1 Å². The van der Waals surface area contributed by atoms with Gasteiger partial charge in [-0.05, 0) is 31.0 Å². The van der Waals surface area contributed by atoms with E-state index >= 15 is 0 Å². The van der Waals surface area contributed by atoms with Crippen LogP contribution in [0.25, 0.3) is 22.4 Å². The van der Waals surface area contributed by atoms with E-state index in [4.69, 9.17) is 10.3 Å². The van der Waals surface area contributed by atoms with Gasteiger partial charge in [0.25, 0.3) is 5.89 Å². The van der Waals surface area contributed by atoms with Gasteiger partial charge in [-0.1, -0.05) is 18.0 Å². The highest BCUT2D eigenvalue weighted by molar-refractivity contribution is 5.91. The van der Waals surface area contributed by atoms with E-state index in [1.807, 2.05) is 0 Å². The van der Waals surface area contributed by atoms with Crippen molar-refractivity contribution in [3.8, 4) is 11.5 Å². The zero-order chi connectivity index (χ0) is 16.0. The number of benzene rings is 1. The number of hydrogen-bond donors (Lipinski definition) is 2. The number of nitrogens with zero attached hydrogens (tertiary/aromatic N) is 2. The summed E-state index contributed by atoms with van der Waals surface area (Å²) < 4.78 is 18.7. The van der Waals surface area contributed by atoms with Crippen molar-refractivity contribution in [2.45, 2.75) is 31.2 Å². The summed E-state index contributed by atoms with van der Waals surface area (Å²) in [7, 11) is 0. The molecule has 0 saturated heterocycles. The monoisotopic (exact) mass is 350 g/mol. The number of hydrogen-bond acceptors (Lipinski definition) is 5. The topological polar surface area (TPSA) is 97.8 Å². The molecular formula is C16H16ClFN4O2. The number of H-pyrrole nitrogens is 1. The molecule has 1 fully saturated rings. The molecular weight excluding hydrogens is 335 g/mol. The predicted molar refractivity (Wildman–Crippen MR) is 89.4 cm³/mol. The van der Waals surface area contributed by atoms with Gasteiger partial charge in [-0.15, -0.1) is 12.4 Å². The molecule has 0 atom stereocenters. The summed E-state index contributed by atoms with van der Waals surface area (Å²) >= 11 is 0. The van der Waals surface area contributed by atoms with E-state index in [9.17, 15) is 9.18 Å². The lowest BCUT2D eigenvalue weighted by atomic mass is 9.98. The van der Waals surface area contributed by atoms with Crippen LogP contribution in [0.15, 0.2) is 33.6 Å². The normalized spacial score (nSPS) is 16.2. The molecule has 1 aliphatic rings. The van der Waals surface area contributed by atoms with Crippen molar-refractivity contribution in [1.29, 1.82) is 0 Å². The molecule has 3 aromatic rings. The van der Waals surface area contributed by atoms with Gasteiger partial charge in [-0.25, -0.2) is 4.39 Å². The van der Waals surface area contributed by atoms with Gasteiger partial charge in [-0.3, -0.25) is 4.79 Å². The Labute approximate surface area is 142 Å². The Kier molecular flexibility index (Phi) is 4.15. The number of nitrogens with two attached hydrogens (primary N) is 1. The Morgan fingerprint density at radius 1 is 1.25 bits per heavy atom. The van der Waals surface area contributed by atoms with Crippen molar-refractivity contribution in [3.05, 3.63) is 46.3 Å². The Bertz CT molecular complexity index is 947. The van der Waals surface area contributed by atoms with Crippen LogP contribution < -0.4 is 11.3 Å².